The summed E-state index contributed by atoms with van der Waals surface area (Å²) < 4.78 is 10.6. The number of nitrogens with one attached hydrogen (secondary N) is 1. The average molecular weight is 285 g/mol. The molecule has 0 saturated heterocycles. The van der Waals surface area contributed by atoms with E-state index >= 15 is 0 Å². The molecule has 0 aliphatic carbocycles. The minimum atomic E-state index is 0.204. The summed E-state index contributed by atoms with van der Waals surface area (Å²) >= 11 is 0. The summed E-state index contributed by atoms with van der Waals surface area (Å²) in [6.07, 6.45) is 2.33. The fourth-order valence-corrected chi connectivity index (χ4v) is 2.60. The molecule has 0 radical (unpaired) electrons. The second-order valence-corrected chi connectivity index (χ2v) is 5.12. The van der Waals surface area contributed by atoms with Crippen LogP contribution >= 0.6 is 0 Å². The van der Waals surface area contributed by atoms with Gasteiger partial charge in [-0.1, -0.05) is 18.2 Å². The van der Waals surface area contributed by atoms with Crippen LogP contribution in [-0.2, 0) is 24.4 Å². The Morgan fingerprint density at radius 3 is 2.90 bits per heavy atom. The summed E-state index contributed by atoms with van der Waals surface area (Å²) in [6, 6.07) is 8.62. The maximum Gasteiger partial charge on any atom is 0.216 e. The van der Waals surface area contributed by atoms with Gasteiger partial charge in [0.15, 0.2) is 0 Å². The van der Waals surface area contributed by atoms with Gasteiger partial charge in [0.1, 0.15) is 6.33 Å². The zero-order chi connectivity index (χ0) is 14.7. The molecule has 0 saturated carbocycles. The molecule has 0 bridgehead atoms. The first-order chi connectivity index (χ1) is 10.3. The van der Waals surface area contributed by atoms with Crippen LogP contribution in [0.25, 0.3) is 0 Å². The third kappa shape index (κ3) is 3.04. The topological polar surface area (TPSA) is 56.3 Å². The van der Waals surface area contributed by atoms with Crippen molar-refractivity contribution in [2.24, 2.45) is 0 Å². The number of benzene rings is 1. The Bertz CT molecular complexity index is 631. The maximum absolute atomic E-state index is 5.47. The van der Waals surface area contributed by atoms with E-state index < -0.39 is 0 Å². The summed E-state index contributed by atoms with van der Waals surface area (Å²) in [6.45, 7) is 1.43. The monoisotopic (exact) mass is 285 g/mol. The van der Waals surface area contributed by atoms with Gasteiger partial charge in [0.2, 0.25) is 5.88 Å². The number of aromatic nitrogens is 2. The van der Waals surface area contributed by atoms with Crippen molar-refractivity contribution < 1.29 is 9.47 Å². The van der Waals surface area contributed by atoms with Crippen LogP contribution in [0.3, 0.4) is 0 Å². The molecule has 21 heavy (non-hydrogen) atoms. The highest BCUT2D eigenvalue weighted by molar-refractivity contribution is 5.35. The van der Waals surface area contributed by atoms with Crippen LogP contribution in [0, 0.1) is 0 Å². The highest BCUT2D eigenvalue weighted by Crippen LogP contribution is 2.25. The van der Waals surface area contributed by atoms with Gasteiger partial charge in [-0.2, -0.15) is 0 Å². The van der Waals surface area contributed by atoms with Crippen LogP contribution in [0.1, 0.15) is 28.4 Å². The Balaban J connectivity index is 1.81. The summed E-state index contributed by atoms with van der Waals surface area (Å²) in [4.78, 5) is 8.36. The molecule has 3 rings (SSSR count). The van der Waals surface area contributed by atoms with Crippen LogP contribution in [0.2, 0.25) is 0 Å². The zero-order valence-electron chi connectivity index (χ0n) is 12.3. The Kier molecular flexibility index (Phi) is 4.13. The number of hydrogen-bond acceptors (Lipinski definition) is 5. The van der Waals surface area contributed by atoms with Crippen molar-refractivity contribution in [3.8, 4) is 5.88 Å². The average Bonchev–Trinajstić information content (AvgIpc) is 3.00. The minimum absolute atomic E-state index is 0.204. The van der Waals surface area contributed by atoms with E-state index in [2.05, 4.69) is 33.5 Å². The molecular weight excluding hydrogens is 266 g/mol. The first kappa shape index (κ1) is 14.0. The van der Waals surface area contributed by atoms with E-state index in [9.17, 15) is 0 Å². The standard InChI is InChI=1S/C16H19N3O2/c1-17-15(6-14-7-16(20-2)19-10-18-14)11-3-4-12-8-21-9-13(12)5-11/h3-5,7,10,15,17H,6,8-9H2,1-2H3. The lowest BCUT2D eigenvalue weighted by atomic mass is 9.98. The largest absolute Gasteiger partial charge is 0.481 e. The van der Waals surface area contributed by atoms with Crippen LogP contribution in [0.15, 0.2) is 30.6 Å². The number of methoxy groups -OCH3 is 1. The second-order valence-electron chi connectivity index (χ2n) is 5.12. The van der Waals surface area contributed by atoms with E-state index in [0.717, 1.165) is 18.7 Å². The number of hydrogen-bond donors (Lipinski definition) is 1. The molecular formula is C16H19N3O2. The fraction of sp³-hybridized carbons (Fsp3) is 0.375. The normalized spacial score (nSPS) is 14.8. The molecule has 0 amide bonds. The summed E-state index contributed by atoms with van der Waals surface area (Å²) in [5.74, 6) is 0.595. The lowest BCUT2D eigenvalue weighted by Gasteiger charge is -2.17. The van der Waals surface area contributed by atoms with Crippen LogP contribution in [0.4, 0.5) is 0 Å². The lowest BCUT2D eigenvalue weighted by Crippen LogP contribution is -2.19. The first-order valence-corrected chi connectivity index (χ1v) is 7.01. The maximum atomic E-state index is 5.47. The van der Waals surface area contributed by atoms with E-state index in [0.29, 0.717) is 12.5 Å². The summed E-state index contributed by atoms with van der Waals surface area (Å²) in [7, 11) is 3.58. The van der Waals surface area contributed by atoms with Gasteiger partial charge < -0.3 is 14.8 Å². The molecule has 1 atom stereocenters. The Morgan fingerprint density at radius 2 is 2.10 bits per heavy atom. The minimum Gasteiger partial charge on any atom is -0.481 e. The Morgan fingerprint density at radius 1 is 1.24 bits per heavy atom. The molecule has 1 unspecified atom stereocenters. The highest BCUT2D eigenvalue weighted by Gasteiger charge is 2.16. The smallest absolute Gasteiger partial charge is 0.216 e. The summed E-state index contributed by atoms with van der Waals surface area (Å²) in [5, 5.41) is 3.35. The van der Waals surface area contributed by atoms with Gasteiger partial charge in [0, 0.05) is 24.2 Å². The quantitative estimate of drug-likeness (QED) is 0.911. The van der Waals surface area contributed by atoms with Crippen LogP contribution < -0.4 is 10.1 Å². The van der Waals surface area contributed by atoms with Crippen LogP contribution in [-0.4, -0.2) is 24.1 Å². The van der Waals surface area contributed by atoms with Crippen molar-refractivity contribution >= 4 is 0 Å². The number of ether oxygens (including phenoxy) is 2. The third-order valence-corrected chi connectivity index (χ3v) is 3.82. The van der Waals surface area contributed by atoms with Crippen molar-refractivity contribution in [1.29, 1.82) is 0 Å². The van der Waals surface area contributed by atoms with Gasteiger partial charge in [-0.25, -0.2) is 9.97 Å². The van der Waals surface area contributed by atoms with Crippen molar-refractivity contribution in [3.05, 3.63) is 53.0 Å². The van der Waals surface area contributed by atoms with Crippen molar-refractivity contribution in [2.75, 3.05) is 14.2 Å². The lowest BCUT2D eigenvalue weighted by molar-refractivity contribution is 0.134. The molecule has 5 heteroatoms. The van der Waals surface area contributed by atoms with Gasteiger partial charge in [-0.3, -0.25) is 0 Å². The van der Waals surface area contributed by atoms with E-state index in [1.165, 1.54) is 23.0 Å². The molecule has 1 aromatic carbocycles. The Hall–Kier alpha value is -1.98. The van der Waals surface area contributed by atoms with E-state index in [1.807, 2.05) is 13.1 Å². The number of rotatable bonds is 5. The molecule has 1 aromatic heterocycles. The van der Waals surface area contributed by atoms with E-state index in [4.69, 9.17) is 9.47 Å². The van der Waals surface area contributed by atoms with Gasteiger partial charge in [-0.15, -0.1) is 0 Å². The molecule has 2 aromatic rings. The molecule has 1 aliphatic rings. The zero-order valence-corrected chi connectivity index (χ0v) is 12.3. The number of fused-ring (bicyclic) bond motifs is 1. The predicted octanol–water partition coefficient (Wildman–Crippen LogP) is 2.02. The highest BCUT2D eigenvalue weighted by atomic mass is 16.5. The summed E-state index contributed by atoms with van der Waals surface area (Å²) in [5.41, 5.74) is 4.78. The second kappa shape index (κ2) is 6.20. The molecule has 5 nitrogen and oxygen atoms in total. The molecule has 1 aliphatic heterocycles. The molecule has 0 fully saturated rings. The van der Waals surface area contributed by atoms with Crippen molar-refractivity contribution in [1.82, 2.24) is 15.3 Å². The van der Waals surface area contributed by atoms with Gasteiger partial charge in [0.25, 0.3) is 0 Å². The molecule has 2 heterocycles. The SMILES string of the molecule is CNC(Cc1cc(OC)ncn1)c1ccc2c(c1)COC2. The van der Waals surface area contributed by atoms with Gasteiger partial charge >= 0.3 is 0 Å². The van der Waals surface area contributed by atoms with Gasteiger partial charge in [0.05, 0.1) is 20.3 Å². The number of nitrogens with zero attached hydrogens (tertiary/aromatic N) is 2. The van der Waals surface area contributed by atoms with E-state index in [-0.39, 0.29) is 6.04 Å². The van der Waals surface area contributed by atoms with Gasteiger partial charge in [-0.05, 0) is 23.7 Å². The van der Waals surface area contributed by atoms with E-state index in [1.54, 1.807) is 7.11 Å². The number of likely N-dealkylation sites (N-methyl/N-ethyl adjacent to an activating group) is 1. The van der Waals surface area contributed by atoms with Crippen molar-refractivity contribution in [3.63, 3.8) is 0 Å². The van der Waals surface area contributed by atoms with Crippen LogP contribution in [0.5, 0.6) is 5.88 Å². The molecule has 0 spiro atoms. The third-order valence-electron chi connectivity index (χ3n) is 3.82. The molecule has 110 valence electrons. The van der Waals surface area contributed by atoms with Crippen molar-refractivity contribution in [2.45, 2.75) is 25.7 Å². The Labute approximate surface area is 124 Å². The first-order valence-electron chi connectivity index (χ1n) is 7.01. The molecule has 1 N–H and O–H groups in total. The fourth-order valence-electron chi connectivity index (χ4n) is 2.60. The predicted molar refractivity (Wildman–Crippen MR) is 79.0 cm³/mol.